The number of rotatable bonds is 2. The van der Waals surface area contributed by atoms with Crippen LogP contribution in [0.4, 0.5) is 0 Å². The van der Waals surface area contributed by atoms with Crippen LogP contribution in [-0.2, 0) is 11.2 Å². The van der Waals surface area contributed by atoms with Crippen LogP contribution in [0.3, 0.4) is 0 Å². The Hall–Kier alpha value is -2.93. The number of aliphatic hydroxyl groups is 1. The SMILES string of the molecule is CC(=O)Oc1ccc([C@H]2Oc3cc(O)cc(O)c3C[C@H]2O)cc1O. The molecule has 0 radical (unpaired) electrons. The maximum atomic E-state index is 11.0. The third kappa shape index (κ3) is 2.93. The number of phenols is 3. The average molecular weight is 332 g/mol. The minimum Gasteiger partial charge on any atom is -0.508 e. The van der Waals surface area contributed by atoms with Gasteiger partial charge in [0.05, 0.1) is 6.10 Å². The summed E-state index contributed by atoms with van der Waals surface area (Å²) in [4.78, 5) is 11.0. The van der Waals surface area contributed by atoms with E-state index in [9.17, 15) is 25.2 Å². The molecular formula is C17H16O7. The first kappa shape index (κ1) is 15.9. The molecule has 2 aromatic rings. The van der Waals surface area contributed by atoms with Crippen molar-refractivity contribution < 1.29 is 34.7 Å². The van der Waals surface area contributed by atoms with Gasteiger partial charge in [0.1, 0.15) is 23.4 Å². The highest BCUT2D eigenvalue weighted by molar-refractivity contribution is 5.70. The Morgan fingerprint density at radius 1 is 1.17 bits per heavy atom. The molecule has 0 amide bonds. The van der Waals surface area contributed by atoms with Crippen LogP contribution in [0, 0.1) is 0 Å². The molecule has 0 saturated heterocycles. The Bertz CT molecular complexity index is 800. The third-order valence-corrected chi connectivity index (χ3v) is 3.75. The smallest absolute Gasteiger partial charge is 0.308 e. The van der Waals surface area contributed by atoms with Gasteiger partial charge in [-0.25, -0.2) is 0 Å². The molecule has 7 heteroatoms. The van der Waals surface area contributed by atoms with Crippen LogP contribution < -0.4 is 9.47 Å². The number of esters is 1. The molecule has 0 bridgehead atoms. The van der Waals surface area contributed by atoms with Gasteiger partial charge in [0.25, 0.3) is 0 Å². The zero-order valence-electron chi connectivity index (χ0n) is 12.8. The van der Waals surface area contributed by atoms with Gasteiger partial charge in [-0.15, -0.1) is 0 Å². The first-order valence-corrected chi connectivity index (χ1v) is 7.26. The van der Waals surface area contributed by atoms with E-state index in [1.807, 2.05) is 0 Å². The summed E-state index contributed by atoms with van der Waals surface area (Å²) in [6, 6.07) is 6.81. The van der Waals surface area contributed by atoms with Crippen LogP contribution in [0.15, 0.2) is 30.3 Å². The number of phenolic OH excluding ortho intramolecular Hbond substituents is 3. The number of benzene rings is 2. The molecule has 0 aliphatic carbocycles. The number of carbonyl (C=O) groups excluding carboxylic acids is 1. The summed E-state index contributed by atoms with van der Waals surface area (Å²) in [5.41, 5.74) is 0.863. The van der Waals surface area contributed by atoms with E-state index in [-0.39, 0.29) is 35.2 Å². The van der Waals surface area contributed by atoms with Crippen molar-refractivity contribution in [2.75, 3.05) is 0 Å². The molecule has 126 valence electrons. The molecule has 1 aliphatic heterocycles. The number of carbonyl (C=O) groups is 1. The molecule has 2 atom stereocenters. The van der Waals surface area contributed by atoms with Gasteiger partial charge in [0.15, 0.2) is 11.5 Å². The standard InChI is InChI=1S/C17H16O7/c1-8(18)23-15-3-2-9(4-13(15)21)17-14(22)7-11-12(20)5-10(19)6-16(11)24-17/h2-6,14,17,19-22H,7H2,1H3/t14-,17-/m1/s1. The van der Waals surface area contributed by atoms with E-state index in [1.54, 1.807) is 6.07 Å². The number of aliphatic hydroxyl groups excluding tert-OH is 1. The lowest BCUT2D eigenvalue weighted by atomic mass is 9.94. The average Bonchev–Trinajstić information content (AvgIpc) is 2.49. The van der Waals surface area contributed by atoms with Crippen molar-refractivity contribution in [3.63, 3.8) is 0 Å². The van der Waals surface area contributed by atoms with Gasteiger partial charge in [-0.3, -0.25) is 4.79 Å². The van der Waals surface area contributed by atoms with Gasteiger partial charge in [-0.05, 0) is 17.7 Å². The second kappa shape index (κ2) is 5.93. The molecule has 0 aromatic heterocycles. The topological polar surface area (TPSA) is 116 Å². The van der Waals surface area contributed by atoms with Crippen LogP contribution in [0.2, 0.25) is 0 Å². The number of aromatic hydroxyl groups is 3. The summed E-state index contributed by atoms with van der Waals surface area (Å²) < 4.78 is 10.5. The van der Waals surface area contributed by atoms with Crippen LogP contribution in [0.5, 0.6) is 28.7 Å². The molecule has 24 heavy (non-hydrogen) atoms. The molecular weight excluding hydrogens is 316 g/mol. The van der Waals surface area contributed by atoms with Crippen molar-refractivity contribution in [1.82, 2.24) is 0 Å². The maximum absolute atomic E-state index is 11.0. The van der Waals surface area contributed by atoms with Crippen LogP contribution >= 0.6 is 0 Å². The van der Waals surface area contributed by atoms with Crippen molar-refractivity contribution in [1.29, 1.82) is 0 Å². The predicted molar refractivity (Wildman–Crippen MR) is 82.3 cm³/mol. The van der Waals surface area contributed by atoms with E-state index in [0.29, 0.717) is 11.1 Å². The second-order valence-electron chi connectivity index (χ2n) is 5.57. The molecule has 1 heterocycles. The molecule has 1 aliphatic rings. The maximum Gasteiger partial charge on any atom is 0.308 e. The highest BCUT2D eigenvalue weighted by Gasteiger charge is 2.32. The lowest BCUT2D eigenvalue weighted by molar-refractivity contribution is -0.132. The van der Waals surface area contributed by atoms with Crippen molar-refractivity contribution in [2.45, 2.75) is 25.6 Å². The van der Waals surface area contributed by atoms with Crippen molar-refractivity contribution in [2.24, 2.45) is 0 Å². The molecule has 4 N–H and O–H groups in total. The fraction of sp³-hybridized carbons (Fsp3) is 0.235. The quantitative estimate of drug-likeness (QED) is 0.489. The Morgan fingerprint density at radius 2 is 1.92 bits per heavy atom. The predicted octanol–water partition coefficient (Wildman–Crippen LogP) is 1.77. The highest BCUT2D eigenvalue weighted by Crippen LogP contribution is 2.42. The van der Waals surface area contributed by atoms with Gasteiger partial charge in [-0.2, -0.15) is 0 Å². The molecule has 0 fully saturated rings. The summed E-state index contributed by atoms with van der Waals surface area (Å²) >= 11 is 0. The number of hydrogen-bond donors (Lipinski definition) is 4. The summed E-state index contributed by atoms with van der Waals surface area (Å²) in [6.45, 7) is 1.22. The Morgan fingerprint density at radius 3 is 2.58 bits per heavy atom. The third-order valence-electron chi connectivity index (χ3n) is 3.75. The van der Waals surface area contributed by atoms with Crippen LogP contribution in [0.25, 0.3) is 0 Å². The van der Waals surface area contributed by atoms with E-state index in [1.165, 1.54) is 31.2 Å². The summed E-state index contributed by atoms with van der Waals surface area (Å²) in [5, 5.41) is 39.7. The fourth-order valence-electron chi connectivity index (χ4n) is 2.70. The molecule has 0 saturated carbocycles. The van der Waals surface area contributed by atoms with Gasteiger partial charge < -0.3 is 29.9 Å². The minimum absolute atomic E-state index is 0.00670. The monoisotopic (exact) mass is 332 g/mol. The van der Waals surface area contributed by atoms with Crippen molar-refractivity contribution in [3.8, 4) is 28.7 Å². The number of ether oxygens (including phenoxy) is 2. The van der Waals surface area contributed by atoms with Crippen LogP contribution in [-0.4, -0.2) is 32.5 Å². The molecule has 0 unspecified atom stereocenters. The van der Waals surface area contributed by atoms with E-state index < -0.39 is 18.2 Å². The van der Waals surface area contributed by atoms with Crippen molar-refractivity contribution >= 4 is 5.97 Å². The number of hydrogen-bond acceptors (Lipinski definition) is 7. The van der Waals surface area contributed by atoms with Crippen molar-refractivity contribution in [3.05, 3.63) is 41.5 Å². The van der Waals surface area contributed by atoms with E-state index in [4.69, 9.17) is 9.47 Å². The summed E-state index contributed by atoms with van der Waals surface area (Å²) in [5.74, 6) is -0.876. The van der Waals surface area contributed by atoms with E-state index in [2.05, 4.69) is 0 Å². The minimum atomic E-state index is -0.966. The second-order valence-corrected chi connectivity index (χ2v) is 5.57. The molecule has 2 aromatic carbocycles. The Kier molecular flexibility index (Phi) is 3.94. The van der Waals surface area contributed by atoms with Gasteiger partial charge in [0, 0.05) is 31.0 Å². The lowest BCUT2D eigenvalue weighted by Crippen LogP contribution is -2.30. The molecule has 3 rings (SSSR count). The number of fused-ring (bicyclic) bond motifs is 1. The molecule has 7 nitrogen and oxygen atoms in total. The zero-order chi connectivity index (χ0) is 17.4. The summed E-state index contributed by atoms with van der Waals surface area (Å²) in [6.07, 6.45) is -1.65. The first-order chi connectivity index (χ1) is 11.3. The molecule has 0 spiro atoms. The largest absolute Gasteiger partial charge is 0.508 e. The van der Waals surface area contributed by atoms with Gasteiger partial charge >= 0.3 is 5.97 Å². The zero-order valence-corrected chi connectivity index (χ0v) is 12.8. The normalized spacial score (nSPS) is 19.2. The van der Waals surface area contributed by atoms with Gasteiger partial charge in [0.2, 0.25) is 0 Å². The van der Waals surface area contributed by atoms with E-state index in [0.717, 1.165) is 0 Å². The lowest BCUT2D eigenvalue weighted by Gasteiger charge is -2.31. The van der Waals surface area contributed by atoms with Crippen LogP contribution in [0.1, 0.15) is 24.2 Å². The highest BCUT2D eigenvalue weighted by atomic mass is 16.5. The summed E-state index contributed by atoms with van der Waals surface area (Å²) in [7, 11) is 0. The van der Waals surface area contributed by atoms with Gasteiger partial charge in [-0.1, -0.05) is 6.07 Å². The fourth-order valence-corrected chi connectivity index (χ4v) is 2.70. The Balaban J connectivity index is 1.92. The first-order valence-electron chi connectivity index (χ1n) is 7.26. The Labute approximate surface area is 137 Å². The van der Waals surface area contributed by atoms with E-state index >= 15 is 0 Å².